The standard InChI is InChI=1S/C72H45N9/c1-6-22-46(23-7-1)67-73-68(47-24-8-2-9-25-47)75-70(74-67)50-39-42-63(81-60-36-20-16-32-53(60)55-40-43-64-65(66(55)81)56-34-18-21-37-61(56)80(64)52-30-14-5-15-31-52)58(45-50)72-77-69(48-26-10-3-11-27-48)76-71(78-72)49-38-41-62-57(44-49)54-33-17-19-35-59(54)79(62)51-28-12-4-13-29-51/h1-45H/i3D,10D,11D,26D,27D. The first-order chi connectivity index (χ1) is 42.3. The molecule has 0 spiro atoms. The van der Waals surface area contributed by atoms with Crippen molar-refractivity contribution >= 4 is 65.4 Å². The van der Waals surface area contributed by atoms with Gasteiger partial charge in [-0.05, 0) is 84.9 Å². The lowest BCUT2D eigenvalue weighted by atomic mass is 10.0. The van der Waals surface area contributed by atoms with Gasteiger partial charge in [0.25, 0.3) is 0 Å². The van der Waals surface area contributed by atoms with Gasteiger partial charge < -0.3 is 13.7 Å². The molecule has 0 saturated carbocycles. The minimum absolute atomic E-state index is 0.0985. The zero-order valence-corrected chi connectivity index (χ0v) is 43.1. The van der Waals surface area contributed by atoms with Crippen molar-refractivity contribution < 1.29 is 6.85 Å². The highest BCUT2D eigenvalue weighted by molar-refractivity contribution is 6.26. The van der Waals surface area contributed by atoms with Crippen LogP contribution in [0.5, 0.6) is 0 Å². The summed E-state index contributed by atoms with van der Waals surface area (Å²) < 4.78 is 52.0. The maximum Gasteiger partial charge on any atom is 0.166 e. The van der Waals surface area contributed by atoms with E-state index in [0.29, 0.717) is 39.9 Å². The van der Waals surface area contributed by atoms with Crippen LogP contribution in [0.15, 0.2) is 273 Å². The molecule has 0 saturated heterocycles. The van der Waals surface area contributed by atoms with Gasteiger partial charge in [-0.15, -0.1) is 0 Å². The van der Waals surface area contributed by atoms with Crippen molar-refractivity contribution in [3.63, 3.8) is 0 Å². The summed E-state index contributed by atoms with van der Waals surface area (Å²) in [6.07, 6.45) is 0. The predicted octanol–water partition coefficient (Wildman–Crippen LogP) is 17.3. The van der Waals surface area contributed by atoms with Crippen molar-refractivity contribution in [1.29, 1.82) is 0 Å². The summed E-state index contributed by atoms with van der Waals surface area (Å²) in [7, 11) is 0. The highest BCUT2D eigenvalue weighted by Gasteiger charge is 2.26. The maximum absolute atomic E-state index is 9.37. The molecule has 0 N–H and O–H groups in total. The molecule has 16 rings (SSSR count). The van der Waals surface area contributed by atoms with Gasteiger partial charge in [-0.3, -0.25) is 0 Å². The molecule has 5 aromatic heterocycles. The van der Waals surface area contributed by atoms with E-state index >= 15 is 0 Å². The van der Waals surface area contributed by atoms with Crippen molar-refractivity contribution in [1.82, 2.24) is 43.6 Å². The normalized spacial score (nSPS) is 12.6. The zero-order valence-electron chi connectivity index (χ0n) is 48.1. The molecular weight excluding hydrogens is 991 g/mol. The van der Waals surface area contributed by atoms with Gasteiger partial charge in [0, 0.05) is 77.1 Å². The monoisotopic (exact) mass is 1040 g/mol. The Labute approximate surface area is 472 Å². The Balaban J connectivity index is 1.03. The summed E-state index contributed by atoms with van der Waals surface area (Å²) in [5.74, 6) is 1.65. The maximum atomic E-state index is 9.37. The summed E-state index contributed by atoms with van der Waals surface area (Å²) in [6, 6.07) is 79.5. The molecule has 0 unspecified atom stereocenters. The summed E-state index contributed by atoms with van der Waals surface area (Å²) in [4.78, 5) is 31.3. The Kier molecular flexibility index (Phi) is 9.51. The van der Waals surface area contributed by atoms with E-state index < -0.39 is 30.2 Å². The van der Waals surface area contributed by atoms with Gasteiger partial charge in [0.1, 0.15) is 0 Å². The average molecular weight is 1040 g/mol. The van der Waals surface area contributed by atoms with Crippen LogP contribution in [0.3, 0.4) is 0 Å². The number of hydrogen-bond donors (Lipinski definition) is 0. The summed E-state index contributed by atoms with van der Waals surface area (Å²) >= 11 is 0. The number of hydrogen-bond acceptors (Lipinski definition) is 6. The Morgan fingerprint density at radius 1 is 0.272 bits per heavy atom. The number of rotatable bonds is 9. The van der Waals surface area contributed by atoms with Crippen molar-refractivity contribution in [3.8, 4) is 85.4 Å². The van der Waals surface area contributed by atoms with Gasteiger partial charge in [0.15, 0.2) is 34.9 Å². The van der Waals surface area contributed by atoms with Crippen LogP contribution in [-0.4, -0.2) is 43.6 Å². The topological polar surface area (TPSA) is 92.1 Å². The van der Waals surface area contributed by atoms with Crippen LogP contribution in [-0.2, 0) is 0 Å². The second kappa shape index (κ2) is 18.8. The molecule has 378 valence electrons. The van der Waals surface area contributed by atoms with E-state index in [-0.39, 0.29) is 23.0 Å². The lowest BCUT2D eigenvalue weighted by Gasteiger charge is -2.17. The third-order valence-corrected chi connectivity index (χ3v) is 15.2. The first-order valence-corrected chi connectivity index (χ1v) is 26.7. The Bertz CT molecular complexity index is 5330. The van der Waals surface area contributed by atoms with Gasteiger partial charge in [-0.25, -0.2) is 29.9 Å². The quantitative estimate of drug-likeness (QED) is 0.143. The van der Waals surface area contributed by atoms with Gasteiger partial charge in [0.05, 0.1) is 45.6 Å². The summed E-state index contributed by atoms with van der Waals surface area (Å²) in [6.45, 7) is 0. The number of aromatic nitrogens is 9. The molecule has 0 bridgehead atoms. The molecule has 11 aromatic carbocycles. The van der Waals surface area contributed by atoms with Crippen LogP contribution >= 0.6 is 0 Å². The molecule has 0 radical (unpaired) electrons. The first kappa shape index (κ1) is 41.0. The molecule has 0 atom stereocenters. The van der Waals surface area contributed by atoms with Crippen LogP contribution in [0.4, 0.5) is 0 Å². The Morgan fingerprint density at radius 2 is 0.691 bits per heavy atom. The third kappa shape index (κ3) is 7.62. The van der Waals surface area contributed by atoms with Crippen molar-refractivity contribution in [2.75, 3.05) is 0 Å². The smallest absolute Gasteiger partial charge is 0.166 e. The molecule has 81 heavy (non-hydrogen) atoms. The lowest BCUT2D eigenvalue weighted by Crippen LogP contribution is -2.05. The highest BCUT2D eigenvalue weighted by atomic mass is 15.1. The minimum Gasteiger partial charge on any atom is -0.309 e. The van der Waals surface area contributed by atoms with Crippen molar-refractivity contribution in [3.05, 3.63) is 273 Å². The SMILES string of the molecule is [2H]c1c([2H])c([2H])c(-c2nc(-c3ccc4c(c3)c3ccccc3n4-c3ccccc3)nc(-c3cc(-c4nc(-c5ccccc5)nc(-c5ccccc5)n4)ccc3-n3c4ccccc4c4ccc5c(c6ccccc6n5-c5ccccc5)c43)n2)c([2H])c1[2H]. The van der Waals surface area contributed by atoms with E-state index in [1.807, 2.05) is 121 Å². The van der Waals surface area contributed by atoms with E-state index in [1.165, 1.54) is 0 Å². The average Bonchev–Trinajstić information content (AvgIpc) is 1.81. The van der Waals surface area contributed by atoms with Crippen LogP contribution in [0.25, 0.3) is 151 Å². The molecule has 0 aliphatic heterocycles. The number of para-hydroxylation sites is 5. The van der Waals surface area contributed by atoms with Gasteiger partial charge in [-0.1, -0.05) is 188 Å². The summed E-state index contributed by atoms with van der Waals surface area (Å²) in [5.41, 5.74) is 11.8. The van der Waals surface area contributed by atoms with Gasteiger partial charge >= 0.3 is 0 Å². The molecule has 0 fully saturated rings. The van der Waals surface area contributed by atoms with Gasteiger partial charge in [-0.2, -0.15) is 0 Å². The Morgan fingerprint density at radius 3 is 1.30 bits per heavy atom. The molecule has 0 amide bonds. The van der Waals surface area contributed by atoms with Crippen LogP contribution in [0, 0.1) is 0 Å². The molecular formula is C72H45N9. The Hall–Kier alpha value is -11.2. The molecule has 0 aliphatic carbocycles. The van der Waals surface area contributed by atoms with Crippen LogP contribution < -0.4 is 0 Å². The molecule has 16 aromatic rings. The fourth-order valence-corrected chi connectivity index (χ4v) is 11.7. The zero-order chi connectivity index (χ0) is 57.7. The van der Waals surface area contributed by atoms with Crippen LogP contribution in [0.2, 0.25) is 0 Å². The largest absolute Gasteiger partial charge is 0.309 e. The molecule has 5 heterocycles. The van der Waals surface area contributed by atoms with Crippen LogP contribution in [0.1, 0.15) is 6.85 Å². The predicted molar refractivity (Wildman–Crippen MR) is 329 cm³/mol. The first-order valence-electron chi connectivity index (χ1n) is 29.2. The molecule has 9 heteroatoms. The third-order valence-electron chi connectivity index (χ3n) is 15.2. The fraction of sp³-hybridized carbons (Fsp3) is 0. The van der Waals surface area contributed by atoms with Crippen molar-refractivity contribution in [2.24, 2.45) is 0 Å². The fourth-order valence-electron chi connectivity index (χ4n) is 11.7. The lowest BCUT2D eigenvalue weighted by molar-refractivity contribution is 1.06. The van der Waals surface area contributed by atoms with E-state index in [2.05, 4.69) is 135 Å². The number of fused-ring (bicyclic) bond motifs is 10. The second-order valence-corrected chi connectivity index (χ2v) is 19.9. The summed E-state index contributed by atoms with van der Waals surface area (Å²) in [5, 5.41) is 6.09. The highest BCUT2D eigenvalue weighted by Crippen LogP contribution is 2.45. The van der Waals surface area contributed by atoms with Crippen molar-refractivity contribution in [2.45, 2.75) is 0 Å². The molecule has 9 nitrogen and oxygen atoms in total. The van der Waals surface area contributed by atoms with E-state index in [9.17, 15) is 2.74 Å². The number of nitrogens with zero attached hydrogens (tertiary/aromatic N) is 9. The minimum atomic E-state index is -0.526. The molecule has 0 aliphatic rings. The second-order valence-electron chi connectivity index (χ2n) is 19.9. The van der Waals surface area contributed by atoms with E-state index in [0.717, 1.165) is 87.9 Å². The van der Waals surface area contributed by atoms with Gasteiger partial charge in [0.2, 0.25) is 0 Å². The number of benzene rings is 11. The van der Waals surface area contributed by atoms with E-state index in [1.54, 1.807) is 0 Å². The van der Waals surface area contributed by atoms with E-state index in [4.69, 9.17) is 34.0 Å².